The minimum atomic E-state index is -3.51. The second-order valence-corrected chi connectivity index (χ2v) is 20.4. The fourth-order valence-corrected chi connectivity index (χ4v) is 9.89. The number of likely N-dealkylation sites (tertiary alicyclic amines) is 1. The second kappa shape index (κ2) is 16.0. The average Bonchev–Trinajstić information content (AvgIpc) is 3.63. The molecule has 5 aliphatic rings. The lowest BCUT2D eigenvalue weighted by atomic mass is 9.70. The number of hydrogen-bond acceptors (Lipinski definition) is 7. The largest absolute Gasteiger partial charge is 0.346 e. The summed E-state index contributed by atoms with van der Waals surface area (Å²) in [5.74, 6) is -1.87. The Kier molecular flexibility index (Phi) is 12.4. The van der Waals surface area contributed by atoms with Crippen molar-refractivity contribution >= 4 is 39.6 Å². The van der Waals surface area contributed by atoms with Crippen molar-refractivity contribution in [1.82, 2.24) is 30.5 Å². The fourth-order valence-electron chi connectivity index (χ4n) is 9.47. The van der Waals surface area contributed by atoms with E-state index in [2.05, 4.69) is 27.8 Å². The fraction of sp³-hybridized carbons (Fsp3) is 0.821. The molecule has 6 atom stereocenters. The van der Waals surface area contributed by atoms with Crippen LogP contribution < -0.4 is 21.3 Å². The van der Waals surface area contributed by atoms with Gasteiger partial charge in [0.25, 0.3) is 5.91 Å². The van der Waals surface area contributed by atoms with Crippen molar-refractivity contribution in [2.75, 3.05) is 32.9 Å². The lowest BCUT2D eigenvalue weighted by Crippen LogP contribution is -2.63. The van der Waals surface area contributed by atoms with Crippen molar-refractivity contribution in [2.45, 2.75) is 135 Å². The number of nitrogens with one attached hydrogen (secondary N) is 4. The molecule has 0 aromatic rings. The number of urea groups is 1. The maximum absolute atomic E-state index is 15.1. The summed E-state index contributed by atoms with van der Waals surface area (Å²) in [6.07, 6.45) is 14.1. The Morgan fingerprint density at radius 1 is 0.943 bits per heavy atom. The van der Waals surface area contributed by atoms with E-state index in [1.807, 2.05) is 27.7 Å². The molecule has 13 nitrogen and oxygen atoms in total. The van der Waals surface area contributed by atoms with E-state index in [0.29, 0.717) is 13.0 Å². The SMILES string of the molecule is C=CCNC(=O)C(=O)C(CC1CCC1)NC(=O)[C@@H]1[C@H]2CCC3(CC3)C2CN1C(=O)[C@@H](NC(=O)N[C@H](CN(C)S(C)(=O)=O)C(C)(C)C)C1(C)CCCCC1. The molecule has 1 heterocycles. The zero-order chi connectivity index (χ0) is 38.9. The van der Waals surface area contributed by atoms with Gasteiger partial charge in [-0.3, -0.25) is 19.2 Å². The highest BCUT2D eigenvalue weighted by Crippen LogP contribution is 2.66. The van der Waals surface area contributed by atoms with Gasteiger partial charge >= 0.3 is 6.03 Å². The first-order valence-corrected chi connectivity index (χ1v) is 21.7. The first kappa shape index (κ1) is 41.2. The van der Waals surface area contributed by atoms with Gasteiger partial charge in [0.2, 0.25) is 27.6 Å². The number of nitrogens with zero attached hydrogens (tertiary/aromatic N) is 2. The molecule has 2 unspecified atom stereocenters. The second-order valence-electron chi connectivity index (χ2n) is 18.3. The number of fused-ring (bicyclic) bond motifs is 2. The highest BCUT2D eigenvalue weighted by atomic mass is 32.2. The average molecular weight is 761 g/mol. The van der Waals surface area contributed by atoms with Crippen molar-refractivity contribution in [1.29, 1.82) is 0 Å². The molecular weight excluding hydrogens is 697 g/mol. The van der Waals surface area contributed by atoms with Gasteiger partial charge in [0.05, 0.1) is 12.3 Å². The molecule has 0 aromatic heterocycles. The highest BCUT2D eigenvalue weighted by molar-refractivity contribution is 7.88. The summed E-state index contributed by atoms with van der Waals surface area (Å²) in [4.78, 5) is 71.6. The quantitative estimate of drug-likeness (QED) is 0.146. The summed E-state index contributed by atoms with van der Waals surface area (Å²) in [6.45, 7) is 12.0. The van der Waals surface area contributed by atoms with Gasteiger partial charge in [0.15, 0.2) is 0 Å². The zero-order valence-corrected chi connectivity index (χ0v) is 33.6. The highest BCUT2D eigenvalue weighted by Gasteiger charge is 2.64. The van der Waals surface area contributed by atoms with Gasteiger partial charge in [0.1, 0.15) is 12.1 Å². The van der Waals surface area contributed by atoms with Crippen LogP contribution in [-0.2, 0) is 29.2 Å². The maximum atomic E-state index is 15.1. The third kappa shape index (κ3) is 9.28. The molecule has 1 aliphatic heterocycles. The first-order chi connectivity index (χ1) is 24.8. The third-order valence-corrected chi connectivity index (χ3v) is 14.8. The lowest BCUT2D eigenvalue weighted by molar-refractivity contribution is -0.145. The van der Waals surface area contributed by atoms with E-state index in [4.69, 9.17) is 0 Å². The number of sulfonamides is 1. The van der Waals surface area contributed by atoms with Crippen LogP contribution in [0.4, 0.5) is 4.79 Å². The predicted molar refractivity (Wildman–Crippen MR) is 203 cm³/mol. The van der Waals surface area contributed by atoms with Crippen LogP contribution in [0.1, 0.15) is 111 Å². The van der Waals surface area contributed by atoms with Gasteiger partial charge in [-0.25, -0.2) is 17.5 Å². The van der Waals surface area contributed by atoms with Crippen LogP contribution in [0.5, 0.6) is 0 Å². The van der Waals surface area contributed by atoms with Crippen LogP contribution in [0, 0.1) is 34.0 Å². The molecule has 0 radical (unpaired) electrons. The minimum Gasteiger partial charge on any atom is -0.346 e. The minimum absolute atomic E-state index is 0.0534. The molecule has 298 valence electrons. The molecule has 53 heavy (non-hydrogen) atoms. The molecule has 1 saturated heterocycles. The van der Waals surface area contributed by atoms with E-state index in [0.717, 1.165) is 83.3 Å². The lowest BCUT2D eigenvalue weighted by Gasteiger charge is -2.43. The standard InChI is InChI=1S/C39H64N6O7S/c1-8-21-40-34(48)31(46)28(22-25-13-12-14-25)41-33(47)30-26-15-18-39(19-20-39)27(26)23-45(30)35(49)32(38(5)16-10-9-11-17-38)43-36(50)42-29(37(2,3)4)24-44(6)53(7,51)52/h8,25-30,32H,1,9-24H2,2-7H3,(H,40,48)(H,41,47)(H2,42,43,50)/t26-,27?,28?,29+,30-,32+/m0/s1. The number of amides is 5. The molecule has 4 aliphatic carbocycles. The summed E-state index contributed by atoms with van der Waals surface area (Å²) < 4.78 is 25.8. The van der Waals surface area contributed by atoms with E-state index in [1.165, 1.54) is 17.4 Å². The summed E-state index contributed by atoms with van der Waals surface area (Å²) in [5, 5.41) is 11.6. The number of rotatable bonds is 15. The number of ketones is 1. The van der Waals surface area contributed by atoms with Crippen molar-refractivity contribution in [3.63, 3.8) is 0 Å². The van der Waals surface area contributed by atoms with Gasteiger partial charge in [-0.15, -0.1) is 6.58 Å². The Balaban J connectivity index is 1.42. The molecule has 5 rings (SSSR count). The van der Waals surface area contributed by atoms with E-state index < -0.39 is 68.6 Å². The number of hydrogen-bond donors (Lipinski definition) is 4. The smallest absolute Gasteiger partial charge is 0.315 e. The molecule has 5 amide bonds. The Morgan fingerprint density at radius 3 is 2.15 bits per heavy atom. The molecule has 0 bridgehead atoms. The summed E-state index contributed by atoms with van der Waals surface area (Å²) in [6, 6.07) is -3.89. The number of carbonyl (C=O) groups excluding carboxylic acids is 5. The van der Waals surface area contributed by atoms with Gasteiger partial charge in [-0.1, -0.05) is 72.3 Å². The number of Topliss-reactive ketones (excluding diaryl/α,β-unsaturated/α-hetero) is 1. The molecule has 4 N–H and O–H groups in total. The summed E-state index contributed by atoms with van der Waals surface area (Å²) >= 11 is 0. The van der Waals surface area contributed by atoms with Gasteiger partial charge < -0.3 is 26.2 Å². The van der Waals surface area contributed by atoms with Crippen molar-refractivity contribution in [2.24, 2.45) is 34.0 Å². The van der Waals surface area contributed by atoms with Crippen LogP contribution in [0.25, 0.3) is 0 Å². The topological polar surface area (TPSA) is 174 Å². The van der Waals surface area contributed by atoms with Crippen LogP contribution in [0.15, 0.2) is 12.7 Å². The molecule has 14 heteroatoms. The van der Waals surface area contributed by atoms with Crippen molar-refractivity contribution in [3.8, 4) is 0 Å². The van der Waals surface area contributed by atoms with E-state index in [1.54, 1.807) is 4.90 Å². The van der Waals surface area contributed by atoms with Crippen molar-refractivity contribution < 1.29 is 32.4 Å². The molecular formula is C39H64N6O7S. The number of carbonyl (C=O) groups is 5. The normalized spacial score (nSPS) is 26.5. The van der Waals surface area contributed by atoms with Gasteiger partial charge in [0, 0.05) is 32.7 Å². The Bertz CT molecular complexity index is 1530. The van der Waals surface area contributed by atoms with Crippen LogP contribution in [0.2, 0.25) is 0 Å². The predicted octanol–water partition coefficient (Wildman–Crippen LogP) is 3.49. The molecule has 4 saturated carbocycles. The Labute approximate surface area is 316 Å². The number of likely N-dealkylation sites (N-methyl/N-ethyl adjacent to an activating group) is 1. The summed E-state index contributed by atoms with van der Waals surface area (Å²) in [7, 11) is -2.03. The Hall–Kier alpha value is -3.00. The van der Waals surface area contributed by atoms with Crippen LogP contribution in [-0.4, -0.2) is 104 Å². The molecule has 5 fully saturated rings. The van der Waals surface area contributed by atoms with E-state index >= 15 is 4.79 Å². The monoisotopic (exact) mass is 760 g/mol. The third-order valence-electron chi connectivity index (χ3n) is 13.5. The molecule has 1 spiro atoms. The zero-order valence-electron chi connectivity index (χ0n) is 32.8. The van der Waals surface area contributed by atoms with Gasteiger partial charge in [-0.2, -0.15) is 0 Å². The van der Waals surface area contributed by atoms with Crippen molar-refractivity contribution in [3.05, 3.63) is 12.7 Å². The Morgan fingerprint density at radius 2 is 1.60 bits per heavy atom. The van der Waals surface area contributed by atoms with Crippen LogP contribution in [0.3, 0.4) is 0 Å². The van der Waals surface area contributed by atoms with Crippen LogP contribution >= 0.6 is 0 Å². The van der Waals surface area contributed by atoms with E-state index in [-0.39, 0.29) is 42.2 Å². The summed E-state index contributed by atoms with van der Waals surface area (Å²) in [5.41, 5.74) is -0.964. The maximum Gasteiger partial charge on any atom is 0.315 e. The molecule has 0 aromatic carbocycles. The first-order valence-electron chi connectivity index (χ1n) is 19.8. The van der Waals surface area contributed by atoms with Gasteiger partial charge in [-0.05, 0) is 78.9 Å². The van der Waals surface area contributed by atoms with E-state index in [9.17, 15) is 27.6 Å².